The molecule has 0 spiro atoms. The molecule has 0 atom stereocenters. The second-order valence-corrected chi connectivity index (χ2v) is 12.7. The first-order chi connectivity index (χ1) is 26.3. The summed E-state index contributed by atoms with van der Waals surface area (Å²) in [7, 11) is 0. The monoisotopic (exact) mass is 893 g/mol. The van der Waals surface area contributed by atoms with Crippen LogP contribution in [0.1, 0.15) is 19.5 Å². The third-order valence-electron chi connectivity index (χ3n) is 8.44. The fraction of sp³-hybridized carbons (Fsp3) is 0.0600. The van der Waals surface area contributed by atoms with Crippen molar-refractivity contribution in [1.29, 1.82) is 0 Å². The van der Waals surface area contributed by atoms with E-state index in [4.69, 9.17) is 10.1 Å². The van der Waals surface area contributed by atoms with Crippen LogP contribution in [0, 0.1) is 19.1 Å². The van der Waals surface area contributed by atoms with Gasteiger partial charge in [-0.05, 0) is 83.7 Å². The number of nitrogens with zero attached hydrogens (tertiary/aromatic N) is 2. The number of aliphatic hydroxyl groups is 1. The second-order valence-electron chi connectivity index (χ2n) is 12.7. The Bertz CT molecular complexity index is 2410. The number of benzene rings is 6. The molecule has 2 heterocycles. The summed E-state index contributed by atoms with van der Waals surface area (Å²) in [4.78, 5) is 19.6. The molecule has 0 saturated heterocycles. The van der Waals surface area contributed by atoms with E-state index in [-0.39, 0.29) is 31.6 Å². The number of pyridine rings is 2. The number of carbonyl (C=O) groups excluding carboxylic acids is 1. The zero-order valence-corrected chi connectivity index (χ0v) is 33.3. The molecule has 0 aliphatic rings. The second kappa shape index (κ2) is 19.7. The molecule has 8 rings (SSSR count). The van der Waals surface area contributed by atoms with Gasteiger partial charge in [-0.3, -0.25) is 9.78 Å². The minimum atomic E-state index is -0.125. The quantitative estimate of drug-likeness (QED) is 0.103. The Morgan fingerprint density at radius 3 is 1.55 bits per heavy atom. The first-order valence-electron chi connectivity index (χ1n) is 17.8. The van der Waals surface area contributed by atoms with Gasteiger partial charge in [-0.2, -0.15) is 0 Å². The summed E-state index contributed by atoms with van der Waals surface area (Å²) in [5, 5.41) is 9.52. The van der Waals surface area contributed by atoms with Gasteiger partial charge >= 0.3 is 0 Å². The van der Waals surface area contributed by atoms with Gasteiger partial charge in [0.15, 0.2) is 5.78 Å². The minimum Gasteiger partial charge on any atom is -0.512 e. The molecule has 0 fully saturated rings. The van der Waals surface area contributed by atoms with Crippen molar-refractivity contribution in [2.45, 2.75) is 20.8 Å². The molecule has 0 bridgehead atoms. The Hall–Kier alpha value is -6.26. The number of hydrogen-bond donors (Lipinski definition) is 1. The summed E-state index contributed by atoms with van der Waals surface area (Å²) < 4.78 is 0. The molecule has 273 valence electrons. The largest absolute Gasteiger partial charge is 0.512 e. The molecule has 0 aliphatic carbocycles. The van der Waals surface area contributed by atoms with E-state index in [0.717, 1.165) is 39.1 Å². The van der Waals surface area contributed by atoms with Gasteiger partial charge < -0.3 is 10.1 Å². The summed E-state index contributed by atoms with van der Waals surface area (Å²) in [5.41, 5.74) is 13.2. The van der Waals surface area contributed by atoms with Gasteiger partial charge in [0.05, 0.1) is 11.3 Å². The van der Waals surface area contributed by atoms with Crippen molar-refractivity contribution in [3.05, 3.63) is 206 Å². The van der Waals surface area contributed by atoms with Crippen molar-refractivity contribution in [2.24, 2.45) is 0 Å². The molecule has 1 radical (unpaired) electrons. The first kappa shape index (κ1) is 39.9. The molecule has 0 saturated carbocycles. The van der Waals surface area contributed by atoms with E-state index in [9.17, 15) is 4.79 Å². The van der Waals surface area contributed by atoms with Crippen molar-refractivity contribution in [3.8, 4) is 55.9 Å². The third-order valence-corrected chi connectivity index (χ3v) is 8.44. The fourth-order valence-corrected chi connectivity index (χ4v) is 6.03. The van der Waals surface area contributed by atoms with Gasteiger partial charge in [0.1, 0.15) is 0 Å². The number of carbonyl (C=O) groups is 1. The van der Waals surface area contributed by atoms with Crippen molar-refractivity contribution in [1.82, 2.24) is 9.97 Å². The Morgan fingerprint density at radius 2 is 1.05 bits per heavy atom. The molecule has 6 aromatic carbocycles. The molecule has 0 unspecified atom stereocenters. The van der Waals surface area contributed by atoms with E-state index in [0.29, 0.717) is 0 Å². The Labute approximate surface area is 337 Å². The molecular formula is C50H40IrN2O2-2. The maximum absolute atomic E-state index is 10.0. The van der Waals surface area contributed by atoms with E-state index in [1.807, 2.05) is 67.6 Å². The summed E-state index contributed by atoms with van der Waals surface area (Å²) in [5.74, 6) is -0.0625. The van der Waals surface area contributed by atoms with Crippen LogP contribution in [-0.2, 0) is 24.9 Å². The number of fused-ring (bicyclic) bond motifs is 1. The van der Waals surface area contributed by atoms with Crippen LogP contribution in [0.15, 0.2) is 188 Å². The number of ketones is 1. The minimum absolute atomic E-state index is 0. The van der Waals surface area contributed by atoms with Crippen LogP contribution >= 0.6 is 0 Å². The van der Waals surface area contributed by atoms with Gasteiger partial charge in [-0.25, -0.2) is 0 Å². The SMILES string of the molecule is CC(=O)/C=C(/C)O.Cc1cc(-c2ccccc2)cc(-c2[c-]cccc2)n1.[Ir].[c-]1ccccc1-c1cc(-c2ccccc2)c2cc(-c3ccccc3)ccc2n1. The van der Waals surface area contributed by atoms with Crippen LogP contribution < -0.4 is 0 Å². The summed E-state index contributed by atoms with van der Waals surface area (Å²) in [6.45, 7) is 4.88. The number of aryl methyl sites for hydroxylation is 1. The molecule has 0 amide bonds. The van der Waals surface area contributed by atoms with Crippen molar-refractivity contribution in [3.63, 3.8) is 0 Å². The van der Waals surface area contributed by atoms with Crippen LogP contribution in [0.5, 0.6) is 0 Å². The van der Waals surface area contributed by atoms with E-state index in [1.54, 1.807) is 0 Å². The average Bonchev–Trinajstić information content (AvgIpc) is 3.21. The van der Waals surface area contributed by atoms with E-state index >= 15 is 0 Å². The fourth-order valence-electron chi connectivity index (χ4n) is 6.03. The van der Waals surface area contributed by atoms with Crippen LogP contribution in [0.25, 0.3) is 66.8 Å². The van der Waals surface area contributed by atoms with E-state index < -0.39 is 0 Å². The van der Waals surface area contributed by atoms with Crippen molar-refractivity contribution in [2.75, 3.05) is 0 Å². The normalized spacial score (nSPS) is 10.6. The number of aliphatic hydroxyl groups excluding tert-OH is 1. The Morgan fingerprint density at radius 1 is 0.545 bits per heavy atom. The zero-order chi connectivity index (χ0) is 37.7. The van der Waals surface area contributed by atoms with Crippen molar-refractivity contribution >= 4 is 16.7 Å². The third kappa shape index (κ3) is 11.1. The predicted octanol–water partition coefficient (Wildman–Crippen LogP) is 12.6. The number of allylic oxidation sites excluding steroid dienone is 2. The topological polar surface area (TPSA) is 63.1 Å². The molecule has 4 nitrogen and oxygen atoms in total. The van der Waals surface area contributed by atoms with Gasteiger partial charge in [0.25, 0.3) is 0 Å². The maximum Gasteiger partial charge on any atom is 0.155 e. The average molecular weight is 893 g/mol. The molecule has 8 aromatic rings. The van der Waals surface area contributed by atoms with Gasteiger partial charge in [-0.15, -0.1) is 71.8 Å². The molecule has 5 heteroatoms. The van der Waals surface area contributed by atoms with Gasteiger partial charge in [-0.1, -0.05) is 109 Å². The van der Waals surface area contributed by atoms with E-state index in [1.165, 1.54) is 53.3 Å². The van der Waals surface area contributed by atoms with Crippen LogP contribution in [0.3, 0.4) is 0 Å². The van der Waals surface area contributed by atoms with E-state index in [2.05, 4.69) is 132 Å². The number of hydrogen-bond acceptors (Lipinski definition) is 4. The van der Waals surface area contributed by atoms with Crippen LogP contribution in [0.4, 0.5) is 0 Å². The van der Waals surface area contributed by atoms with Gasteiger partial charge in [0.2, 0.25) is 0 Å². The summed E-state index contributed by atoms with van der Waals surface area (Å²) in [6.07, 6.45) is 1.17. The molecule has 1 N–H and O–H groups in total. The molecule has 2 aromatic heterocycles. The predicted molar refractivity (Wildman–Crippen MR) is 223 cm³/mol. The molecular weight excluding hydrogens is 853 g/mol. The number of aromatic nitrogens is 2. The number of rotatable bonds is 6. The zero-order valence-electron chi connectivity index (χ0n) is 30.9. The Kier molecular flexibility index (Phi) is 14.3. The van der Waals surface area contributed by atoms with Gasteiger partial charge in [0, 0.05) is 37.3 Å². The summed E-state index contributed by atoms with van der Waals surface area (Å²) >= 11 is 0. The van der Waals surface area contributed by atoms with Crippen LogP contribution in [-0.4, -0.2) is 20.9 Å². The first-order valence-corrected chi connectivity index (χ1v) is 17.8. The smallest absolute Gasteiger partial charge is 0.155 e. The summed E-state index contributed by atoms with van der Waals surface area (Å²) in [6, 6.07) is 66.8. The van der Waals surface area contributed by atoms with Crippen LogP contribution in [0.2, 0.25) is 0 Å². The maximum atomic E-state index is 10.0. The standard InChI is InChI=1S/C27H18N.C18H14N.C5H8O2.Ir/c1-4-10-20(11-5-1)23-16-17-26-25(18-23)24(21-12-6-2-7-13-21)19-27(28-26)22-14-8-3-9-15-22;1-14-12-17(15-8-4-2-5-9-15)13-18(19-14)16-10-6-3-7-11-16;1-4(6)3-5(2)7;/h1-14,16-19H;2-10,12-13H,1H3;3,6H,1-2H3;/q2*-1;;/b;;4-3-;. The Balaban J connectivity index is 0.000000186. The van der Waals surface area contributed by atoms with Crippen molar-refractivity contribution < 1.29 is 30.0 Å². The molecule has 55 heavy (non-hydrogen) atoms. The molecule has 0 aliphatic heterocycles.